The molecule has 0 spiro atoms. The van der Waals surface area contributed by atoms with Gasteiger partial charge in [-0.05, 0) is 6.07 Å². The summed E-state index contributed by atoms with van der Waals surface area (Å²) < 4.78 is 7.23. The van der Waals surface area contributed by atoms with Gasteiger partial charge in [0.05, 0.1) is 13.2 Å². The Morgan fingerprint density at radius 2 is 2.35 bits per heavy atom. The van der Waals surface area contributed by atoms with Gasteiger partial charge in [0.25, 0.3) is 0 Å². The first-order valence-electron chi connectivity index (χ1n) is 5.31. The molecule has 1 aliphatic heterocycles. The monoisotopic (exact) mass is 248 g/mol. The van der Waals surface area contributed by atoms with E-state index in [4.69, 9.17) is 4.74 Å². The van der Waals surface area contributed by atoms with E-state index in [0.717, 1.165) is 22.2 Å². The van der Waals surface area contributed by atoms with Gasteiger partial charge >= 0.3 is 0 Å². The number of ether oxygens (including phenoxy) is 1. The number of fused-ring (bicyclic) bond motifs is 1. The highest BCUT2D eigenvalue weighted by atomic mass is 32.2. The molecule has 5 nitrogen and oxygen atoms in total. The summed E-state index contributed by atoms with van der Waals surface area (Å²) in [5.74, 6) is 1.82. The molecular weight excluding hydrogens is 236 g/mol. The number of methoxy groups -OCH3 is 1. The quantitative estimate of drug-likeness (QED) is 0.876. The highest BCUT2D eigenvalue weighted by Gasteiger charge is 2.22. The van der Waals surface area contributed by atoms with Crippen molar-refractivity contribution in [2.24, 2.45) is 0 Å². The third kappa shape index (κ3) is 1.84. The van der Waals surface area contributed by atoms with Gasteiger partial charge in [-0.25, -0.2) is 4.68 Å². The van der Waals surface area contributed by atoms with Crippen LogP contribution in [0, 0.1) is 0 Å². The molecule has 3 rings (SSSR count). The van der Waals surface area contributed by atoms with Crippen molar-refractivity contribution in [3.63, 3.8) is 0 Å². The van der Waals surface area contributed by atoms with Gasteiger partial charge in [0.2, 0.25) is 5.16 Å². The molecule has 0 saturated heterocycles. The third-order valence-corrected chi connectivity index (χ3v) is 3.74. The van der Waals surface area contributed by atoms with Crippen molar-refractivity contribution in [3.05, 3.63) is 36.2 Å². The van der Waals surface area contributed by atoms with Gasteiger partial charge in [-0.1, -0.05) is 30.0 Å². The van der Waals surface area contributed by atoms with E-state index >= 15 is 0 Å². The fraction of sp³-hybridized carbons (Fsp3) is 0.273. The predicted octanol–water partition coefficient (Wildman–Crippen LogP) is 1.68. The zero-order chi connectivity index (χ0) is 11.7. The van der Waals surface area contributed by atoms with Crippen LogP contribution in [0.4, 0.5) is 0 Å². The van der Waals surface area contributed by atoms with Crippen LogP contribution in [0.1, 0.15) is 11.6 Å². The average molecular weight is 248 g/mol. The normalized spacial score (nSPS) is 18.3. The lowest BCUT2D eigenvalue weighted by Crippen LogP contribution is -2.27. The van der Waals surface area contributed by atoms with Crippen molar-refractivity contribution in [2.45, 2.75) is 11.2 Å². The van der Waals surface area contributed by atoms with Crippen molar-refractivity contribution in [2.75, 3.05) is 18.3 Å². The van der Waals surface area contributed by atoms with E-state index in [-0.39, 0.29) is 6.04 Å². The van der Waals surface area contributed by atoms with Crippen LogP contribution in [0.2, 0.25) is 0 Å². The second-order valence-electron chi connectivity index (χ2n) is 3.72. The minimum atomic E-state index is 0.208. The molecule has 0 radical (unpaired) electrons. The Bertz CT molecular complexity index is 528. The molecule has 0 bridgehead atoms. The number of thioether (sulfide) groups is 1. The van der Waals surface area contributed by atoms with E-state index in [1.165, 1.54) is 0 Å². The summed E-state index contributed by atoms with van der Waals surface area (Å²) in [6, 6.07) is 8.25. The van der Waals surface area contributed by atoms with E-state index in [0.29, 0.717) is 0 Å². The Hall–Kier alpha value is -1.69. The van der Waals surface area contributed by atoms with Gasteiger partial charge in [0.15, 0.2) is 0 Å². The summed E-state index contributed by atoms with van der Waals surface area (Å²) in [6.07, 6.45) is 1.68. The first-order valence-corrected chi connectivity index (χ1v) is 6.29. The molecule has 1 atom stereocenters. The van der Waals surface area contributed by atoms with Gasteiger partial charge in [-0.3, -0.25) is 0 Å². The lowest BCUT2D eigenvalue weighted by molar-refractivity contribution is 0.406. The van der Waals surface area contributed by atoms with E-state index < -0.39 is 0 Å². The maximum absolute atomic E-state index is 5.38. The minimum absolute atomic E-state index is 0.208. The summed E-state index contributed by atoms with van der Waals surface area (Å²) in [7, 11) is 1.69. The van der Waals surface area contributed by atoms with Gasteiger partial charge in [-0.15, -0.1) is 10.2 Å². The molecule has 0 aliphatic carbocycles. The molecule has 6 heteroatoms. The molecule has 1 aromatic heterocycles. The first-order chi connectivity index (χ1) is 8.38. The van der Waals surface area contributed by atoms with Crippen LogP contribution in [0.3, 0.4) is 0 Å². The lowest BCUT2D eigenvalue weighted by Gasteiger charge is -2.26. The highest BCUT2D eigenvalue weighted by Crippen LogP contribution is 2.33. The van der Waals surface area contributed by atoms with Gasteiger partial charge in [-0.2, -0.15) is 0 Å². The molecule has 0 amide bonds. The number of hydrogen-bond donors (Lipinski definition) is 1. The molecule has 88 valence electrons. The van der Waals surface area contributed by atoms with E-state index in [1.807, 2.05) is 22.9 Å². The summed E-state index contributed by atoms with van der Waals surface area (Å²) in [5.41, 5.74) is 4.51. The molecule has 1 unspecified atom stereocenters. The van der Waals surface area contributed by atoms with Crippen LogP contribution in [-0.2, 0) is 0 Å². The maximum Gasteiger partial charge on any atom is 0.209 e. The standard InChI is InChI=1S/C11H12N4OS/c1-16-10-5-3-2-4-8(10)9-6-17-11-13-12-7-15(11)14-9/h2-5,7,9,14H,6H2,1H3. The van der Waals surface area contributed by atoms with Gasteiger partial charge in [0, 0.05) is 11.3 Å². The van der Waals surface area contributed by atoms with Crippen LogP contribution in [0.25, 0.3) is 0 Å². The first kappa shape index (κ1) is 10.5. The smallest absolute Gasteiger partial charge is 0.209 e. The Morgan fingerprint density at radius 1 is 1.47 bits per heavy atom. The Kier molecular flexibility index (Phi) is 2.64. The molecule has 17 heavy (non-hydrogen) atoms. The van der Waals surface area contributed by atoms with E-state index in [1.54, 1.807) is 25.2 Å². The van der Waals surface area contributed by atoms with Crippen molar-refractivity contribution >= 4 is 11.8 Å². The van der Waals surface area contributed by atoms with Crippen molar-refractivity contribution in [1.29, 1.82) is 0 Å². The van der Waals surface area contributed by atoms with Crippen LogP contribution in [0.5, 0.6) is 5.75 Å². The summed E-state index contributed by atoms with van der Waals surface area (Å²) in [5, 5.41) is 8.78. The maximum atomic E-state index is 5.38. The second-order valence-corrected chi connectivity index (χ2v) is 4.71. The van der Waals surface area contributed by atoms with Gasteiger partial charge in [0.1, 0.15) is 12.1 Å². The fourth-order valence-electron chi connectivity index (χ4n) is 1.89. The second kappa shape index (κ2) is 4.29. The average Bonchev–Trinajstić information content (AvgIpc) is 2.85. The van der Waals surface area contributed by atoms with Crippen molar-refractivity contribution < 1.29 is 4.74 Å². The minimum Gasteiger partial charge on any atom is -0.496 e. The summed E-state index contributed by atoms with van der Waals surface area (Å²) in [4.78, 5) is 0. The molecule has 0 fully saturated rings. The number of aromatic nitrogens is 3. The van der Waals surface area contributed by atoms with Crippen molar-refractivity contribution in [3.8, 4) is 5.75 Å². The summed E-state index contributed by atoms with van der Waals surface area (Å²) >= 11 is 1.69. The Morgan fingerprint density at radius 3 is 3.24 bits per heavy atom. The number of para-hydroxylation sites is 1. The zero-order valence-electron chi connectivity index (χ0n) is 9.33. The van der Waals surface area contributed by atoms with Crippen LogP contribution in [-0.4, -0.2) is 27.7 Å². The predicted molar refractivity (Wildman–Crippen MR) is 65.8 cm³/mol. The number of nitrogens with zero attached hydrogens (tertiary/aromatic N) is 3. The third-order valence-electron chi connectivity index (χ3n) is 2.70. The number of rotatable bonds is 2. The molecule has 2 heterocycles. The molecule has 0 saturated carbocycles. The Labute approximate surface area is 103 Å². The lowest BCUT2D eigenvalue weighted by atomic mass is 10.1. The number of nitrogens with one attached hydrogen (secondary N) is 1. The SMILES string of the molecule is COc1ccccc1C1CSc2nncn2N1. The van der Waals surface area contributed by atoms with Crippen LogP contribution in [0.15, 0.2) is 35.7 Å². The van der Waals surface area contributed by atoms with E-state index in [9.17, 15) is 0 Å². The van der Waals surface area contributed by atoms with E-state index in [2.05, 4.69) is 21.7 Å². The van der Waals surface area contributed by atoms with Crippen LogP contribution < -0.4 is 10.2 Å². The Balaban J connectivity index is 1.91. The number of hydrogen-bond acceptors (Lipinski definition) is 5. The summed E-state index contributed by atoms with van der Waals surface area (Å²) in [6.45, 7) is 0. The largest absolute Gasteiger partial charge is 0.496 e. The molecule has 1 aliphatic rings. The molecule has 1 aromatic carbocycles. The number of benzene rings is 1. The zero-order valence-corrected chi connectivity index (χ0v) is 10.1. The van der Waals surface area contributed by atoms with Crippen LogP contribution >= 0.6 is 11.8 Å². The molecular formula is C11H12N4OS. The molecule has 2 aromatic rings. The van der Waals surface area contributed by atoms with Crippen molar-refractivity contribution in [1.82, 2.24) is 14.9 Å². The van der Waals surface area contributed by atoms with Gasteiger partial charge < -0.3 is 10.2 Å². The fourth-order valence-corrected chi connectivity index (χ4v) is 2.80. The topological polar surface area (TPSA) is 52.0 Å². The highest BCUT2D eigenvalue weighted by molar-refractivity contribution is 7.99. The molecule has 1 N–H and O–H groups in total.